The molecule has 2 unspecified atom stereocenters. The van der Waals surface area contributed by atoms with Crippen LogP contribution in [0.15, 0.2) is 133 Å². The first-order valence-corrected chi connectivity index (χ1v) is 14.2. The molecule has 198 valence electrons. The summed E-state index contributed by atoms with van der Waals surface area (Å²) in [6.45, 7) is 0. The quantitative estimate of drug-likeness (QED) is 0.226. The van der Waals surface area contributed by atoms with E-state index >= 15 is 0 Å². The Hall–Kier alpha value is -5.55. The van der Waals surface area contributed by atoms with Crippen LogP contribution in [0.4, 0.5) is 0 Å². The summed E-state index contributed by atoms with van der Waals surface area (Å²) < 4.78 is 8.73. The molecular formula is C37H24N4O. The lowest BCUT2D eigenvalue weighted by molar-refractivity contribution is 0.277. The lowest BCUT2D eigenvalue weighted by atomic mass is 9.87. The van der Waals surface area contributed by atoms with Crippen LogP contribution in [0.5, 0.6) is 5.75 Å². The molecule has 0 bridgehead atoms. The van der Waals surface area contributed by atoms with Crippen LogP contribution >= 0.6 is 0 Å². The first kappa shape index (κ1) is 23.2. The molecule has 2 atom stereocenters. The zero-order valence-electron chi connectivity index (χ0n) is 22.6. The molecule has 0 fully saturated rings. The van der Waals surface area contributed by atoms with E-state index in [0.29, 0.717) is 17.6 Å². The van der Waals surface area contributed by atoms with E-state index in [9.17, 15) is 0 Å². The number of hydrogen-bond donors (Lipinski definition) is 0. The van der Waals surface area contributed by atoms with Crippen molar-refractivity contribution in [3.05, 3.63) is 145 Å². The molecule has 0 saturated carbocycles. The van der Waals surface area contributed by atoms with Gasteiger partial charge in [-0.3, -0.25) is 4.57 Å². The Balaban J connectivity index is 1.33. The van der Waals surface area contributed by atoms with E-state index in [0.717, 1.165) is 38.7 Å². The summed E-state index contributed by atoms with van der Waals surface area (Å²) >= 11 is 0. The molecule has 2 aliphatic rings. The van der Waals surface area contributed by atoms with E-state index in [2.05, 4.69) is 95.6 Å². The van der Waals surface area contributed by atoms with Gasteiger partial charge >= 0.3 is 0 Å². The van der Waals surface area contributed by atoms with Gasteiger partial charge in [0.25, 0.3) is 0 Å². The monoisotopic (exact) mass is 540 g/mol. The van der Waals surface area contributed by atoms with Gasteiger partial charge in [0.15, 0.2) is 11.6 Å². The fourth-order valence-corrected chi connectivity index (χ4v) is 6.52. The van der Waals surface area contributed by atoms with Crippen molar-refractivity contribution < 1.29 is 4.74 Å². The number of benzene rings is 5. The lowest BCUT2D eigenvalue weighted by Gasteiger charge is -2.22. The normalized spacial score (nSPS) is 17.3. The molecule has 0 spiro atoms. The lowest BCUT2D eigenvalue weighted by Crippen LogP contribution is -2.23. The standard InChI is InChI=1S/C37H24N4O/c1-2-12-24(13-3-1)35-38-36(30-18-10-17-29-27-16-7-9-20-32(27)42-34(29)30)40-37(39-35)41-31-19-8-6-15-26(31)28-22-21-23-11-4-5-14-25(23)33(28)41/h1-22,29,34H. The molecule has 7 aromatic rings. The zero-order valence-corrected chi connectivity index (χ0v) is 22.6. The maximum absolute atomic E-state index is 6.53. The minimum Gasteiger partial charge on any atom is -0.484 e. The van der Waals surface area contributed by atoms with Crippen LogP contribution in [0.3, 0.4) is 0 Å². The average Bonchev–Trinajstić information content (AvgIpc) is 3.61. The molecule has 2 aromatic heterocycles. The Morgan fingerprint density at radius 1 is 0.619 bits per heavy atom. The van der Waals surface area contributed by atoms with E-state index in [-0.39, 0.29) is 12.0 Å². The van der Waals surface area contributed by atoms with Crippen LogP contribution in [0.25, 0.3) is 55.5 Å². The Kier molecular flexibility index (Phi) is 4.96. The molecule has 5 nitrogen and oxygen atoms in total. The van der Waals surface area contributed by atoms with Crippen LogP contribution in [0.2, 0.25) is 0 Å². The van der Waals surface area contributed by atoms with Crippen LogP contribution in [-0.4, -0.2) is 25.6 Å². The topological polar surface area (TPSA) is 52.8 Å². The smallest absolute Gasteiger partial charge is 0.238 e. The van der Waals surface area contributed by atoms with Gasteiger partial charge in [0.2, 0.25) is 5.95 Å². The number of allylic oxidation sites excluding steroid dienone is 2. The number of ether oxygens (including phenoxy) is 1. The highest BCUT2D eigenvalue weighted by Crippen LogP contribution is 2.45. The largest absolute Gasteiger partial charge is 0.484 e. The number of rotatable bonds is 3. The van der Waals surface area contributed by atoms with Crippen molar-refractivity contribution in [1.29, 1.82) is 0 Å². The highest BCUT2D eigenvalue weighted by atomic mass is 16.5. The molecule has 9 rings (SSSR count). The number of nitrogens with zero attached hydrogens (tertiary/aromatic N) is 4. The van der Waals surface area contributed by atoms with Crippen molar-refractivity contribution in [1.82, 2.24) is 19.5 Å². The third-order valence-corrected chi connectivity index (χ3v) is 8.43. The second-order valence-corrected chi connectivity index (χ2v) is 10.8. The van der Waals surface area contributed by atoms with E-state index < -0.39 is 0 Å². The van der Waals surface area contributed by atoms with E-state index in [1.165, 1.54) is 16.3 Å². The third kappa shape index (κ3) is 3.40. The highest BCUT2D eigenvalue weighted by molar-refractivity contribution is 6.18. The number of fused-ring (bicyclic) bond motifs is 8. The van der Waals surface area contributed by atoms with Crippen LogP contribution in [-0.2, 0) is 0 Å². The molecule has 3 heterocycles. The van der Waals surface area contributed by atoms with Crippen LogP contribution in [0.1, 0.15) is 17.3 Å². The van der Waals surface area contributed by atoms with Gasteiger partial charge in [-0.05, 0) is 17.5 Å². The summed E-state index contributed by atoms with van der Waals surface area (Å²) in [4.78, 5) is 15.4. The van der Waals surface area contributed by atoms with Gasteiger partial charge in [-0.1, -0.05) is 121 Å². The first-order chi connectivity index (χ1) is 20.8. The van der Waals surface area contributed by atoms with Crippen molar-refractivity contribution in [3.8, 4) is 23.1 Å². The molecule has 5 heteroatoms. The minimum atomic E-state index is -0.203. The molecule has 0 radical (unpaired) electrons. The van der Waals surface area contributed by atoms with Crippen molar-refractivity contribution in [2.75, 3.05) is 0 Å². The molecule has 42 heavy (non-hydrogen) atoms. The van der Waals surface area contributed by atoms with Crippen LogP contribution < -0.4 is 4.74 Å². The molecule has 5 aromatic carbocycles. The van der Waals surface area contributed by atoms with Gasteiger partial charge in [-0.25, -0.2) is 4.98 Å². The van der Waals surface area contributed by atoms with Gasteiger partial charge in [0.1, 0.15) is 11.9 Å². The summed E-state index contributed by atoms with van der Waals surface area (Å²) in [7, 11) is 0. The second-order valence-electron chi connectivity index (χ2n) is 10.8. The van der Waals surface area contributed by atoms with Crippen molar-refractivity contribution in [2.24, 2.45) is 0 Å². The minimum absolute atomic E-state index is 0.110. The van der Waals surface area contributed by atoms with Crippen molar-refractivity contribution in [2.45, 2.75) is 12.0 Å². The zero-order chi connectivity index (χ0) is 27.6. The van der Waals surface area contributed by atoms with Gasteiger partial charge < -0.3 is 4.74 Å². The Morgan fingerprint density at radius 2 is 1.38 bits per heavy atom. The molecule has 0 N–H and O–H groups in total. The van der Waals surface area contributed by atoms with Crippen molar-refractivity contribution in [3.63, 3.8) is 0 Å². The van der Waals surface area contributed by atoms with Gasteiger partial charge in [-0.15, -0.1) is 0 Å². The fourth-order valence-electron chi connectivity index (χ4n) is 6.52. The Bertz CT molecular complexity index is 2250. The van der Waals surface area contributed by atoms with E-state index in [4.69, 9.17) is 19.7 Å². The molecule has 0 saturated heterocycles. The van der Waals surface area contributed by atoms with E-state index in [1.54, 1.807) is 0 Å². The maximum atomic E-state index is 6.53. The van der Waals surface area contributed by atoms with Crippen LogP contribution in [0, 0.1) is 0 Å². The predicted octanol–water partition coefficient (Wildman–Crippen LogP) is 8.29. The van der Waals surface area contributed by atoms with Gasteiger partial charge in [0.05, 0.1) is 11.0 Å². The maximum Gasteiger partial charge on any atom is 0.238 e. The SMILES string of the molecule is C1=CC2c3ccccc3OC2C(c2nc(-c3ccccc3)nc(-n3c4ccccc4c4ccc5ccccc5c43)n2)=C1. The van der Waals surface area contributed by atoms with Gasteiger partial charge in [0, 0.05) is 38.8 Å². The summed E-state index contributed by atoms with van der Waals surface area (Å²) in [5, 5.41) is 4.66. The fraction of sp³-hybridized carbons (Fsp3) is 0.0541. The highest BCUT2D eigenvalue weighted by Gasteiger charge is 2.38. The summed E-state index contributed by atoms with van der Waals surface area (Å²) in [6.07, 6.45) is 6.19. The third-order valence-electron chi connectivity index (χ3n) is 8.43. The molecular weight excluding hydrogens is 516 g/mol. The summed E-state index contributed by atoms with van der Waals surface area (Å²) in [5.74, 6) is 2.86. The molecule has 1 aliphatic carbocycles. The molecule has 1 aliphatic heterocycles. The average molecular weight is 541 g/mol. The second kappa shape index (κ2) is 8.98. The number of aromatic nitrogens is 4. The summed E-state index contributed by atoms with van der Waals surface area (Å²) in [6, 6.07) is 39.8. The van der Waals surface area contributed by atoms with Gasteiger partial charge in [-0.2, -0.15) is 9.97 Å². The number of hydrogen-bond acceptors (Lipinski definition) is 4. The summed E-state index contributed by atoms with van der Waals surface area (Å²) in [5.41, 5.74) is 5.22. The Morgan fingerprint density at radius 3 is 2.31 bits per heavy atom. The molecule has 0 amide bonds. The van der Waals surface area contributed by atoms with Crippen molar-refractivity contribution >= 4 is 38.2 Å². The van der Waals surface area contributed by atoms with E-state index in [1.807, 2.05) is 42.5 Å². The number of para-hydroxylation sites is 2. The first-order valence-electron chi connectivity index (χ1n) is 14.2. The Labute approximate surface area is 242 Å². The predicted molar refractivity (Wildman–Crippen MR) is 168 cm³/mol.